The minimum atomic E-state index is -0.285. The van der Waals surface area contributed by atoms with Crippen LogP contribution in [0.2, 0.25) is 0 Å². The molecule has 2 N–H and O–H groups in total. The van der Waals surface area contributed by atoms with E-state index in [2.05, 4.69) is 381 Å². The summed E-state index contributed by atoms with van der Waals surface area (Å²) in [6.45, 7) is 14.7. The highest BCUT2D eigenvalue weighted by molar-refractivity contribution is 6.07. The van der Waals surface area contributed by atoms with E-state index >= 15 is 0 Å². The number of pyridine rings is 3. The first-order valence-electron chi connectivity index (χ1n) is 50.7. The molecule has 724 valence electrons. The zero-order chi connectivity index (χ0) is 103. The number of rotatable bonds is 29. The van der Waals surface area contributed by atoms with Crippen LogP contribution in [0.25, 0.3) is 218 Å². The number of aryl methyl sites for hydroxylation is 4. The summed E-state index contributed by atoms with van der Waals surface area (Å²) < 4.78 is 55.9. The highest BCUT2D eigenvalue weighted by Crippen LogP contribution is 2.48. The van der Waals surface area contributed by atoms with Crippen LogP contribution in [0.5, 0.6) is 0 Å². The normalized spacial score (nSPS) is 11.8. The lowest BCUT2D eigenvalue weighted by atomic mass is 9.84. The first-order valence-corrected chi connectivity index (χ1v) is 50.7. The van der Waals surface area contributed by atoms with Gasteiger partial charge in [0.2, 0.25) is 0 Å². The average Bonchev–Trinajstić information content (AvgIpc) is 0.768. The molecular formula is C140H106F4N6. The maximum absolute atomic E-state index is 14.0. The van der Waals surface area contributed by atoms with Crippen LogP contribution in [0.1, 0.15) is 72.1 Å². The molecule has 0 fully saturated rings. The molecular weight excluding hydrogens is 1840 g/mol. The fourth-order valence-electron chi connectivity index (χ4n) is 20.5. The summed E-state index contributed by atoms with van der Waals surface area (Å²) in [4.78, 5) is 25.1. The van der Waals surface area contributed by atoms with Gasteiger partial charge in [0, 0.05) is 69.3 Å². The van der Waals surface area contributed by atoms with Crippen molar-refractivity contribution >= 4 is 16.7 Å². The van der Waals surface area contributed by atoms with Gasteiger partial charge in [0.1, 0.15) is 23.3 Å². The van der Waals surface area contributed by atoms with E-state index in [1.54, 1.807) is 54.7 Å². The molecule has 21 rings (SSSR count). The molecule has 0 saturated heterocycles. The van der Waals surface area contributed by atoms with Gasteiger partial charge in [0.05, 0.1) is 40.9 Å². The van der Waals surface area contributed by atoms with Gasteiger partial charge in [-0.15, -0.1) is 6.58 Å². The van der Waals surface area contributed by atoms with Gasteiger partial charge in [0.15, 0.2) is 0 Å². The van der Waals surface area contributed by atoms with Gasteiger partial charge >= 0.3 is 0 Å². The summed E-state index contributed by atoms with van der Waals surface area (Å²) in [6, 6.07) is 142. The second-order valence-electron chi connectivity index (χ2n) is 38.1. The molecule has 0 bridgehead atoms. The van der Waals surface area contributed by atoms with Crippen LogP contribution in [0, 0.1) is 44.0 Å². The second kappa shape index (κ2) is 44.2. The van der Waals surface area contributed by atoms with Gasteiger partial charge in [-0.3, -0.25) is 24.9 Å². The predicted octanol–water partition coefficient (Wildman–Crippen LogP) is 37.5. The summed E-state index contributed by atoms with van der Waals surface area (Å²) in [7, 11) is 0. The number of nitrogens with zero attached hydrogens (tertiary/aromatic N) is 5. The SMILES string of the molecule is C=CC/C=C(\C(=C/CC)c1cc(-c2ccccc2-c2ccc(CC/C=C(C)\C(=C/N)c3ccc(F)cc3)cc2)cc(-c2ccccc2-c2ccc(-c3cc(C)c(-c4ccc(F)cc4)cn3)cc2)c1)c1ccc(-c2cnc(-c3ccc(-c4ccccc4-c4cc(-c5ccccc5-c5ccc(-c6cc(C)c(-c7ccc(F)cc7)cn6)cc5)cc(-c5ccccc5-c5ccc(-c6cc(C)c(-c7ccc(F)cc7)cn6)cc5)c4)cc3)cn2)cc1. The Morgan fingerprint density at radius 2 is 0.487 bits per heavy atom. The van der Waals surface area contributed by atoms with Gasteiger partial charge < -0.3 is 5.73 Å². The first kappa shape index (κ1) is 97.6. The summed E-state index contributed by atoms with van der Waals surface area (Å²) in [5, 5.41) is 0. The van der Waals surface area contributed by atoms with Crippen molar-refractivity contribution in [1.82, 2.24) is 24.9 Å². The van der Waals surface area contributed by atoms with Crippen LogP contribution >= 0.6 is 0 Å². The molecule has 21 aromatic rings. The number of hydrogen-bond donors (Lipinski definition) is 1. The van der Waals surface area contributed by atoms with E-state index < -0.39 is 0 Å². The zero-order valence-electron chi connectivity index (χ0n) is 84.0. The van der Waals surface area contributed by atoms with Crippen molar-refractivity contribution in [3.63, 3.8) is 0 Å². The number of hydrogen-bond acceptors (Lipinski definition) is 6. The topological polar surface area (TPSA) is 90.5 Å². The summed E-state index contributed by atoms with van der Waals surface area (Å²) >= 11 is 0. The molecule has 0 atom stereocenters. The lowest BCUT2D eigenvalue weighted by Crippen LogP contribution is -1.96. The minimum Gasteiger partial charge on any atom is -0.404 e. The van der Waals surface area contributed by atoms with Crippen molar-refractivity contribution in [2.45, 2.75) is 60.3 Å². The summed E-state index contributed by atoms with van der Waals surface area (Å²) in [6.07, 6.45) is 22.8. The van der Waals surface area contributed by atoms with Crippen molar-refractivity contribution < 1.29 is 17.6 Å². The van der Waals surface area contributed by atoms with Gasteiger partial charge in [0.25, 0.3) is 0 Å². The Morgan fingerprint density at radius 3 is 0.780 bits per heavy atom. The molecule has 150 heavy (non-hydrogen) atoms. The molecule has 0 saturated carbocycles. The van der Waals surface area contributed by atoms with E-state index in [1.807, 2.05) is 37.1 Å². The fraction of sp³-hybridized carbons (Fsp3) is 0.0643. The Labute approximate surface area is 874 Å². The quantitative estimate of drug-likeness (QED) is 0.0285. The molecule has 0 aliphatic rings. The van der Waals surface area contributed by atoms with Crippen molar-refractivity contribution in [3.8, 4) is 201 Å². The Bertz CT molecular complexity index is 8490. The fourth-order valence-corrected chi connectivity index (χ4v) is 20.5. The Morgan fingerprint density at radius 1 is 0.247 bits per heavy atom. The van der Waals surface area contributed by atoms with E-state index in [9.17, 15) is 17.6 Å². The molecule has 0 spiro atoms. The number of benzene rings is 17. The summed E-state index contributed by atoms with van der Waals surface area (Å²) in [5.74, 6) is -1.11. The van der Waals surface area contributed by atoms with Crippen molar-refractivity contribution in [2.24, 2.45) is 5.73 Å². The Hall–Kier alpha value is -18.5. The van der Waals surface area contributed by atoms with Gasteiger partial charge in [-0.2, -0.15) is 0 Å². The number of halogens is 4. The molecule has 0 aliphatic carbocycles. The number of allylic oxidation sites excluding steroid dienone is 8. The van der Waals surface area contributed by atoms with E-state index in [4.69, 9.17) is 30.7 Å². The summed E-state index contributed by atoms with van der Waals surface area (Å²) in [5.41, 5.74) is 53.5. The third-order valence-electron chi connectivity index (χ3n) is 28.4. The largest absolute Gasteiger partial charge is 0.404 e. The van der Waals surface area contributed by atoms with E-state index in [0.717, 1.165) is 276 Å². The average molecular weight is 1950 g/mol. The van der Waals surface area contributed by atoms with E-state index in [1.165, 1.54) is 54.1 Å². The minimum absolute atomic E-state index is 0.274. The molecule has 0 radical (unpaired) electrons. The third-order valence-corrected chi connectivity index (χ3v) is 28.4. The number of aromatic nitrogens is 5. The van der Waals surface area contributed by atoms with Crippen molar-refractivity contribution in [2.75, 3.05) is 0 Å². The van der Waals surface area contributed by atoms with Gasteiger partial charge in [-0.1, -0.05) is 347 Å². The third kappa shape index (κ3) is 21.3. The van der Waals surface area contributed by atoms with Gasteiger partial charge in [-0.05, 0) is 346 Å². The van der Waals surface area contributed by atoms with Crippen LogP contribution in [0.3, 0.4) is 0 Å². The predicted molar refractivity (Wildman–Crippen MR) is 615 cm³/mol. The Kier molecular flexibility index (Phi) is 28.7. The van der Waals surface area contributed by atoms with Crippen LogP contribution in [-0.2, 0) is 6.42 Å². The molecule has 4 aromatic heterocycles. The molecule has 17 aromatic carbocycles. The molecule has 4 heterocycles. The monoisotopic (exact) mass is 1950 g/mol. The lowest BCUT2D eigenvalue weighted by Gasteiger charge is -2.20. The second-order valence-corrected chi connectivity index (χ2v) is 38.1. The maximum atomic E-state index is 14.0. The zero-order valence-corrected chi connectivity index (χ0v) is 84.0. The maximum Gasteiger partial charge on any atom is 0.123 e. The highest BCUT2D eigenvalue weighted by atomic mass is 19.1. The van der Waals surface area contributed by atoms with E-state index in [-0.39, 0.29) is 23.3 Å². The lowest BCUT2D eigenvalue weighted by molar-refractivity contribution is 0.627. The first-order chi connectivity index (χ1) is 73.5. The van der Waals surface area contributed by atoms with E-state index in [0.29, 0.717) is 6.42 Å². The van der Waals surface area contributed by atoms with Crippen LogP contribution in [0.4, 0.5) is 17.6 Å². The molecule has 0 aliphatic heterocycles. The highest BCUT2D eigenvalue weighted by Gasteiger charge is 2.24. The van der Waals surface area contributed by atoms with Gasteiger partial charge in [-0.25, -0.2) is 17.6 Å². The molecule has 0 unspecified atom stereocenters. The van der Waals surface area contributed by atoms with Crippen LogP contribution in [-0.4, -0.2) is 24.9 Å². The molecule has 0 amide bonds. The molecule has 10 heteroatoms. The standard InChI is InChI=1S/C140H106F4N6/c1-7-9-24-121(120(21-8-2)110-78-111(127-30-15-10-25-122(127)95-37-35-94(36-38-95)23-20-22-90(3)132(84-145)101-59-67-116(141)68-60-101)80-112(79-110)128-31-16-11-26-123(128)97-39-49-105(50-40-97)136-75-91(4)133(85-146-136)102-61-69-117(142)70-62-102)96-45-55-108(56-46-96)139-88-150-140(89-149-139)109-57-47-100(48-58-109)126-29-14-19-34-131(126)115-82-113(129-32-17-12-27-124(129)98-41-51-106(52-42-98)137-76-92(5)134(86-147-137)103-63-71-118(143)72-64-103)81-114(83-115)130-33-18-13-28-125(130)99-43-53-107(54-44-99)138-77-93(6)135(87-148-138)104-65-73-119(144)74-66-104/h7,10-19,21-22,24-89H,1,8-9,20,23,145H2,2-6H3/b90-22-,120-21-,121-24-,132-84+. The smallest absolute Gasteiger partial charge is 0.123 e. The molecule has 6 nitrogen and oxygen atoms in total. The van der Waals surface area contributed by atoms with Crippen LogP contribution < -0.4 is 5.73 Å². The van der Waals surface area contributed by atoms with Crippen molar-refractivity contribution in [1.29, 1.82) is 0 Å². The Balaban J connectivity index is 0.580. The van der Waals surface area contributed by atoms with Crippen LogP contribution in [0.15, 0.2) is 492 Å². The number of nitrogens with two attached hydrogens (primary N) is 1. The van der Waals surface area contributed by atoms with Crippen molar-refractivity contribution in [3.05, 3.63) is 554 Å².